The highest BCUT2D eigenvalue weighted by atomic mass is 35.5. The average Bonchev–Trinajstić information content (AvgIpc) is 2.18. The van der Waals surface area contributed by atoms with Crippen molar-refractivity contribution in [3.8, 4) is 5.88 Å². The number of ether oxygens (including phenoxy) is 1. The molecule has 0 aliphatic carbocycles. The monoisotopic (exact) mass is 258 g/mol. The summed E-state index contributed by atoms with van der Waals surface area (Å²) >= 11 is 5.97. The molecular formula is C11H15ClN2O3. The number of aromatic nitrogens is 2. The van der Waals surface area contributed by atoms with Crippen molar-refractivity contribution in [2.45, 2.75) is 32.6 Å². The van der Waals surface area contributed by atoms with Gasteiger partial charge >= 0.3 is 5.97 Å². The molecule has 0 aliphatic heterocycles. The number of carbonyl (C=O) groups is 1. The highest BCUT2D eigenvalue weighted by molar-refractivity contribution is 6.30. The highest BCUT2D eigenvalue weighted by Gasteiger charge is 2.23. The predicted octanol–water partition coefficient (Wildman–Crippen LogP) is 2.06. The van der Waals surface area contributed by atoms with Crippen molar-refractivity contribution in [2.75, 3.05) is 7.11 Å². The summed E-state index contributed by atoms with van der Waals surface area (Å²) in [6.07, 6.45) is -0.258. The van der Waals surface area contributed by atoms with Gasteiger partial charge in [0, 0.05) is 5.41 Å². The van der Waals surface area contributed by atoms with Gasteiger partial charge in [0.2, 0.25) is 5.88 Å². The van der Waals surface area contributed by atoms with Crippen molar-refractivity contribution in [1.82, 2.24) is 9.97 Å². The van der Waals surface area contributed by atoms with E-state index >= 15 is 0 Å². The van der Waals surface area contributed by atoms with Crippen molar-refractivity contribution >= 4 is 17.6 Å². The minimum Gasteiger partial charge on any atom is -0.481 e. The number of halogens is 1. The van der Waals surface area contributed by atoms with Gasteiger partial charge in [0.25, 0.3) is 0 Å². The summed E-state index contributed by atoms with van der Waals surface area (Å²) in [7, 11) is 1.43. The highest BCUT2D eigenvalue weighted by Crippen LogP contribution is 2.28. The van der Waals surface area contributed by atoms with Crippen LogP contribution >= 0.6 is 11.6 Å². The summed E-state index contributed by atoms with van der Waals surface area (Å²) < 4.78 is 5.06. The van der Waals surface area contributed by atoms with Crippen LogP contribution in [-0.2, 0) is 16.6 Å². The molecule has 1 aromatic heterocycles. The van der Waals surface area contributed by atoms with Gasteiger partial charge in [-0.1, -0.05) is 32.4 Å². The van der Waals surface area contributed by atoms with E-state index in [-0.39, 0.29) is 22.9 Å². The summed E-state index contributed by atoms with van der Waals surface area (Å²) in [5.74, 6) is -0.261. The zero-order valence-electron chi connectivity index (χ0n) is 10.2. The average molecular weight is 259 g/mol. The van der Waals surface area contributed by atoms with Gasteiger partial charge in [0.15, 0.2) is 0 Å². The van der Waals surface area contributed by atoms with Crippen molar-refractivity contribution in [3.05, 3.63) is 16.5 Å². The van der Waals surface area contributed by atoms with Crippen LogP contribution < -0.4 is 4.74 Å². The number of rotatable bonds is 3. The van der Waals surface area contributed by atoms with Gasteiger partial charge in [-0.3, -0.25) is 4.79 Å². The Morgan fingerprint density at radius 3 is 2.41 bits per heavy atom. The summed E-state index contributed by atoms with van der Waals surface area (Å²) in [6, 6.07) is 0. The number of methoxy groups -OCH3 is 1. The standard InChI is InChI=1S/C11H15ClN2O3/c1-11(2,3)10-13-8(12)6(5-7(15)16)9(14-10)17-4/h5H2,1-4H3,(H,15,16). The largest absolute Gasteiger partial charge is 0.481 e. The molecule has 1 N–H and O–H groups in total. The second-order valence-corrected chi connectivity index (χ2v) is 5.00. The quantitative estimate of drug-likeness (QED) is 0.840. The van der Waals surface area contributed by atoms with Gasteiger partial charge in [-0.25, -0.2) is 4.98 Å². The van der Waals surface area contributed by atoms with Gasteiger partial charge in [-0.15, -0.1) is 0 Å². The molecule has 17 heavy (non-hydrogen) atoms. The summed E-state index contributed by atoms with van der Waals surface area (Å²) in [5.41, 5.74) is 0.0215. The lowest BCUT2D eigenvalue weighted by Crippen LogP contribution is -2.18. The molecule has 0 atom stereocenters. The third-order valence-electron chi connectivity index (χ3n) is 2.11. The smallest absolute Gasteiger partial charge is 0.308 e. The number of hydrogen-bond donors (Lipinski definition) is 1. The molecule has 94 valence electrons. The molecule has 0 aromatic carbocycles. The van der Waals surface area contributed by atoms with Gasteiger partial charge in [0.1, 0.15) is 11.0 Å². The van der Waals surface area contributed by atoms with Crippen molar-refractivity contribution in [1.29, 1.82) is 0 Å². The topological polar surface area (TPSA) is 72.3 Å². The van der Waals surface area contributed by atoms with Crippen LogP contribution in [0.15, 0.2) is 0 Å². The van der Waals surface area contributed by atoms with Crippen LogP contribution in [0, 0.1) is 0 Å². The number of hydrogen-bond acceptors (Lipinski definition) is 4. The molecule has 0 saturated heterocycles. The van der Waals surface area contributed by atoms with Crippen LogP contribution in [0.3, 0.4) is 0 Å². The molecule has 0 fully saturated rings. The first-order valence-electron chi connectivity index (χ1n) is 5.08. The Balaban J connectivity index is 3.30. The Labute approximate surface area is 105 Å². The summed E-state index contributed by atoms with van der Waals surface area (Å²) in [4.78, 5) is 19.0. The van der Waals surface area contributed by atoms with Crippen LogP contribution in [-0.4, -0.2) is 28.2 Å². The Kier molecular flexibility index (Phi) is 3.93. The lowest BCUT2D eigenvalue weighted by molar-refractivity contribution is -0.136. The second kappa shape index (κ2) is 4.87. The minimum atomic E-state index is -1.00. The number of aliphatic carboxylic acids is 1. The molecule has 1 rings (SSSR count). The fourth-order valence-electron chi connectivity index (χ4n) is 1.24. The van der Waals surface area contributed by atoms with E-state index in [0.717, 1.165) is 0 Å². The summed E-state index contributed by atoms with van der Waals surface area (Å²) in [6.45, 7) is 5.82. The maximum atomic E-state index is 10.7. The van der Waals surface area contributed by atoms with E-state index in [9.17, 15) is 4.79 Å². The van der Waals surface area contributed by atoms with Gasteiger partial charge in [-0.2, -0.15) is 4.98 Å². The summed E-state index contributed by atoms with van der Waals surface area (Å²) in [5, 5.41) is 8.90. The van der Waals surface area contributed by atoms with E-state index < -0.39 is 5.97 Å². The Bertz CT molecular complexity index is 441. The number of carboxylic acid groups (broad SMARTS) is 1. The normalized spacial score (nSPS) is 11.4. The maximum Gasteiger partial charge on any atom is 0.308 e. The van der Waals surface area contributed by atoms with Crippen LogP contribution in [0.25, 0.3) is 0 Å². The Morgan fingerprint density at radius 1 is 1.41 bits per heavy atom. The molecule has 0 aliphatic rings. The van der Waals surface area contributed by atoms with Gasteiger partial charge < -0.3 is 9.84 Å². The van der Waals surface area contributed by atoms with E-state index in [1.54, 1.807) is 0 Å². The van der Waals surface area contributed by atoms with Gasteiger partial charge in [-0.05, 0) is 0 Å². The lowest BCUT2D eigenvalue weighted by atomic mass is 9.95. The van der Waals surface area contributed by atoms with E-state index in [1.165, 1.54) is 7.11 Å². The molecule has 0 bridgehead atoms. The fourth-order valence-corrected chi connectivity index (χ4v) is 1.47. The van der Waals surface area contributed by atoms with E-state index in [2.05, 4.69) is 9.97 Å². The van der Waals surface area contributed by atoms with E-state index in [0.29, 0.717) is 11.4 Å². The van der Waals surface area contributed by atoms with Crippen molar-refractivity contribution in [3.63, 3.8) is 0 Å². The maximum absolute atomic E-state index is 10.7. The SMILES string of the molecule is COc1nc(C(C)(C)C)nc(Cl)c1CC(=O)O. The fraction of sp³-hybridized carbons (Fsp3) is 0.545. The van der Waals surface area contributed by atoms with Gasteiger partial charge in [0.05, 0.1) is 19.1 Å². The molecule has 1 heterocycles. The van der Waals surface area contributed by atoms with Crippen LogP contribution in [0.1, 0.15) is 32.2 Å². The molecule has 1 aromatic rings. The van der Waals surface area contributed by atoms with E-state index in [1.807, 2.05) is 20.8 Å². The number of nitrogens with zero attached hydrogens (tertiary/aromatic N) is 2. The van der Waals surface area contributed by atoms with Crippen LogP contribution in [0.4, 0.5) is 0 Å². The minimum absolute atomic E-state index is 0.129. The zero-order valence-corrected chi connectivity index (χ0v) is 11.0. The van der Waals surface area contributed by atoms with Crippen LogP contribution in [0.2, 0.25) is 5.15 Å². The molecule has 0 amide bonds. The Morgan fingerprint density at radius 2 is 2.00 bits per heavy atom. The molecule has 0 unspecified atom stereocenters. The molecule has 5 nitrogen and oxygen atoms in total. The van der Waals surface area contributed by atoms with E-state index in [4.69, 9.17) is 21.4 Å². The first-order valence-corrected chi connectivity index (χ1v) is 5.46. The Hall–Kier alpha value is -1.36. The first-order chi connectivity index (χ1) is 7.75. The van der Waals surface area contributed by atoms with Crippen molar-refractivity contribution < 1.29 is 14.6 Å². The third-order valence-corrected chi connectivity index (χ3v) is 2.42. The molecule has 6 heteroatoms. The van der Waals surface area contributed by atoms with Crippen molar-refractivity contribution in [2.24, 2.45) is 0 Å². The van der Waals surface area contributed by atoms with Crippen LogP contribution in [0.5, 0.6) is 5.88 Å². The molecular weight excluding hydrogens is 244 g/mol. The molecule has 0 radical (unpaired) electrons. The number of carboxylic acids is 1. The lowest BCUT2D eigenvalue weighted by Gasteiger charge is -2.18. The molecule has 0 saturated carbocycles. The zero-order chi connectivity index (χ0) is 13.2. The predicted molar refractivity (Wildman–Crippen MR) is 63.6 cm³/mol. The first kappa shape index (κ1) is 13.7. The second-order valence-electron chi connectivity index (χ2n) is 4.65. The third kappa shape index (κ3) is 3.30. The molecule has 0 spiro atoms.